The van der Waals surface area contributed by atoms with Gasteiger partial charge in [0.15, 0.2) is 0 Å². The first-order valence-electron chi connectivity index (χ1n) is 11.1. The molecule has 0 radical (unpaired) electrons. The molecular weight excluding hydrogens is 470 g/mol. The molecule has 4 atom stereocenters. The van der Waals surface area contributed by atoms with E-state index in [9.17, 15) is 14.4 Å². The second-order valence-corrected chi connectivity index (χ2v) is 10.4. The van der Waals surface area contributed by atoms with Crippen molar-refractivity contribution in [3.8, 4) is 0 Å². The molecule has 4 aliphatic heterocycles. The maximum Gasteiger partial charge on any atom is 0.250 e. The quantitative estimate of drug-likeness (QED) is 0.613. The molecule has 1 N–H and O–H groups in total. The number of hydrogen-bond donors (Lipinski definition) is 1. The summed E-state index contributed by atoms with van der Waals surface area (Å²) in [6.07, 6.45) is 1.73. The molecule has 6 nitrogen and oxygen atoms in total. The highest BCUT2D eigenvalue weighted by Gasteiger charge is 2.74. The van der Waals surface area contributed by atoms with Gasteiger partial charge in [0.1, 0.15) is 5.54 Å². The average Bonchev–Trinajstić information content (AvgIpc) is 3.45. The third kappa shape index (κ3) is 2.21. The topological polar surface area (TPSA) is 69.7 Å². The van der Waals surface area contributed by atoms with Crippen LogP contribution in [0.4, 0.5) is 11.4 Å². The van der Waals surface area contributed by atoms with Gasteiger partial charge in [0.05, 0.1) is 17.5 Å². The maximum absolute atomic E-state index is 14.0. The molecule has 6 rings (SSSR count). The largest absolute Gasteiger partial charge is 0.324 e. The molecule has 2 aromatic carbocycles. The number of rotatable bonds is 1. The zero-order chi connectivity index (χ0) is 22.5. The fourth-order valence-corrected chi connectivity index (χ4v) is 7.22. The Kier molecular flexibility index (Phi) is 4.10. The Balaban J connectivity index is 1.57. The fourth-order valence-electron chi connectivity index (χ4n) is 6.55. The Hall–Kier alpha value is -2.51. The molecule has 3 saturated heterocycles. The van der Waals surface area contributed by atoms with E-state index in [1.807, 2.05) is 51.1 Å². The lowest BCUT2D eigenvalue weighted by molar-refractivity contribution is -0.135. The van der Waals surface area contributed by atoms with Gasteiger partial charge in [0.2, 0.25) is 17.7 Å². The number of benzene rings is 2. The summed E-state index contributed by atoms with van der Waals surface area (Å²) in [7, 11) is 0. The van der Waals surface area contributed by atoms with E-state index in [-0.39, 0.29) is 23.8 Å². The van der Waals surface area contributed by atoms with Crippen molar-refractivity contribution in [2.45, 2.75) is 45.2 Å². The molecule has 7 heteroatoms. The van der Waals surface area contributed by atoms with Crippen molar-refractivity contribution in [2.24, 2.45) is 11.8 Å². The summed E-state index contributed by atoms with van der Waals surface area (Å²) in [6, 6.07) is 9.51. The van der Waals surface area contributed by atoms with Crippen LogP contribution in [0.15, 0.2) is 34.8 Å². The van der Waals surface area contributed by atoms with Crippen LogP contribution in [0.25, 0.3) is 0 Å². The van der Waals surface area contributed by atoms with E-state index in [0.29, 0.717) is 16.7 Å². The number of carbonyl (C=O) groups excluding carboxylic acids is 3. The van der Waals surface area contributed by atoms with Crippen LogP contribution in [-0.4, -0.2) is 35.2 Å². The number of anilines is 2. The number of fused-ring (bicyclic) bond motifs is 7. The van der Waals surface area contributed by atoms with Gasteiger partial charge in [-0.3, -0.25) is 19.3 Å². The molecule has 164 valence electrons. The second-order valence-electron chi connectivity index (χ2n) is 9.52. The normalized spacial score (nSPS) is 30.8. The molecule has 1 spiro atoms. The number of amides is 3. The van der Waals surface area contributed by atoms with Gasteiger partial charge in [-0.05, 0) is 84.9 Å². The van der Waals surface area contributed by atoms with Crippen LogP contribution >= 0.6 is 15.9 Å². The van der Waals surface area contributed by atoms with Crippen LogP contribution in [0.2, 0.25) is 0 Å². The Morgan fingerprint density at radius 3 is 2.59 bits per heavy atom. The van der Waals surface area contributed by atoms with Crippen molar-refractivity contribution >= 4 is 45.0 Å². The van der Waals surface area contributed by atoms with Crippen LogP contribution in [0.5, 0.6) is 0 Å². The molecule has 0 aliphatic carbocycles. The van der Waals surface area contributed by atoms with Gasteiger partial charge < -0.3 is 5.32 Å². The Labute approximate surface area is 195 Å². The number of imide groups is 1. The predicted octanol–water partition coefficient (Wildman–Crippen LogP) is 3.81. The summed E-state index contributed by atoms with van der Waals surface area (Å²) >= 11 is 3.54. The highest BCUT2D eigenvalue weighted by atomic mass is 79.9. The molecule has 32 heavy (non-hydrogen) atoms. The fraction of sp³-hybridized carbons (Fsp3) is 0.400. The van der Waals surface area contributed by atoms with Crippen LogP contribution in [0, 0.1) is 32.6 Å². The van der Waals surface area contributed by atoms with Crippen LogP contribution in [0.1, 0.15) is 35.1 Å². The molecule has 0 saturated carbocycles. The molecule has 4 heterocycles. The summed E-state index contributed by atoms with van der Waals surface area (Å²) in [5, 5.41) is 3.10. The summed E-state index contributed by atoms with van der Waals surface area (Å²) < 4.78 is 0.708. The standard InChI is InChI=1S/C25H24BrN3O3/c1-12-6-9-17(16(26)11-12)29-22(30)19-18-5-4-10-28(18)25(20(19)23(29)31)15-8-7-13(2)14(3)21(15)27-24(25)32/h6-9,11,18-20H,4-5,10H2,1-3H3,(H,27,32)/t18-,19+,20-,25-/m0/s1. The lowest BCUT2D eigenvalue weighted by Gasteiger charge is -2.36. The number of aryl methyl sites for hydroxylation is 2. The Morgan fingerprint density at radius 2 is 1.84 bits per heavy atom. The highest BCUT2D eigenvalue weighted by Crippen LogP contribution is 2.61. The summed E-state index contributed by atoms with van der Waals surface area (Å²) in [6.45, 7) is 6.70. The molecular formula is C25H24BrN3O3. The molecule has 3 fully saturated rings. The second kappa shape index (κ2) is 6.51. The molecule has 3 amide bonds. The summed E-state index contributed by atoms with van der Waals surface area (Å²) in [5.41, 5.74) is 4.21. The number of nitrogens with one attached hydrogen (secondary N) is 1. The minimum atomic E-state index is -1.13. The van der Waals surface area contributed by atoms with Crippen molar-refractivity contribution < 1.29 is 14.4 Å². The van der Waals surface area contributed by atoms with E-state index in [2.05, 4.69) is 26.1 Å². The van der Waals surface area contributed by atoms with Crippen LogP contribution in [0.3, 0.4) is 0 Å². The van der Waals surface area contributed by atoms with Gasteiger partial charge in [-0.1, -0.05) is 18.2 Å². The first-order valence-corrected chi connectivity index (χ1v) is 11.9. The Bertz CT molecular complexity index is 1240. The van der Waals surface area contributed by atoms with Crippen molar-refractivity contribution in [1.82, 2.24) is 4.90 Å². The maximum atomic E-state index is 14.0. The van der Waals surface area contributed by atoms with E-state index in [1.54, 1.807) is 0 Å². The van der Waals surface area contributed by atoms with Crippen molar-refractivity contribution in [2.75, 3.05) is 16.8 Å². The minimum Gasteiger partial charge on any atom is -0.324 e. The molecule has 4 aliphatic rings. The predicted molar refractivity (Wildman–Crippen MR) is 124 cm³/mol. The van der Waals surface area contributed by atoms with E-state index in [1.165, 1.54) is 4.90 Å². The van der Waals surface area contributed by atoms with Gasteiger partial charge in [-0.25, -0.2) is 4.90 Å². The first kappa shape index (κ1) is 20.1. The number of nitrogens with zero attached hydrogens (tertiary/aromatic N) is 2. The van der Waals surface area contributed by atoms with Crippen molar-refractivity contribution in [3.63, 3.8) is 0 Å². The van der Waals surface area contributed by atoms with E-state index < -0.39 is 17.4 Å². The van der Waals surface area contributed by atoms with Crippen molar-refractivity contribution in [3.05, 3.63) is 57.1 Å². The zero-order valence-electron chi connectivity index (χ0n) is 18.2. The Morgan fingerprint density at radius 1 is 1.06 bits per heavy atom. The zero-order valence-corrected chi connectivity index (χ0v) is 19.8. The van der Waals surface area contributed by atoms with Gasteiger partial charge in [0, 0.05) is 21.8 Å². The highest BCUT2D eigenvalue weighted by molar-refractivity contribution is 9.10. The first-order chi connectivity index (χ1) is 15.3. The van der Waals surface area contributed by atoms with E-state index >= 15 is 0 Å². The number of carbonyl (C=O) groups is 3. The molecule has 0 unspecified atom stereocenters. The number of hydrogen-bond acceptors (Lipinski definition) is 4. The van der Waals surface area contributed by atoms with Gasteiger partial charge in [-0.15, -0.1) is 0 Å². The molecule has 0 aromatic heterocycles. The van der Waals surface area contributed by atoms with Crippen LogP contribution in [-0.2, 0) is 19.9 Å². The molecule has 2 aromatic rings. The summed E-state index contributed by atoms with van der Waals surface area (Å²) in [5.74, 6) is -1.89. The lowest BCUT2D eigenvalue weighted by Crippen LogP contribution is -2.54. The smallest absolute Gasteiger partial charge is 0.250 e. The third-order valence-corrected chi connectivity index (χ3v) is 8.68. The minimum absolute atomic E-state index is 0.107. The lowest BCUT2D eigenvalue weighted by atomic mass is 9.75. The van der Waals surface area contributed by atoms with Gasteiger partial charge >= 0.3 is 0 Å². The van der Waals surface area contributed by atoms with Gasteiger partial charge in [-0.2, -0.15) is 0 Å². The number of halogens is 1. The molecule has 0 bridgehead atoms. The monoisotopic (exact) mass is 493 g/mol. The average molecular weight is 494 g/mol. The summed E-state index contributed by atoms with van der Waals surface area (Å²) in [4.78, 5) is 45.0. The van der Waals surface area contributed by atoms with E-state index in [0.717, 1.165) is 40.8 Å². The SMILES string of the molecule is Cc1ccc(N2C(=O)[C@H]3[C@@H](C2=O)[C@@]2(C(=O)Nc4c2ccc(C)c4C)N2CCC[C@@H]32)c(Br)c1. The van der Waals surface area contributed by atoms with E-state index in [4.69, 9.17) is 0 Å². The van der Waals surface area contributed by atoms with Gasteiger partial charge in [0.25, 0.3) is 0 Å². The van der Waals surface area contributed by atoms with Crippen molar-refractivity contribution in [1.29, 1.82) is 0 Å². The third-order valence-electron chi connectivity index (χ3n) is 8.04. The van der Waals surface area contributed by atoms with Crippen LogP contribution < -0.4 is 10.2 Å².